The molecule has 0 aliphatic heterocycles. The van der Waals surface area contributed by atoms with Crippen LogP contribution in [0.3, 0.4) is 0 Å². The number of nitrogens with one attached hydrogen (secondary N) is 1. The van der Waals surface area contributed by atoms with Gasteiger partial charge in [0.1, 0.15) is 5.69 Å². The van der Waals surface area contributed by atoms with Crippen molar-refractivity contribution in [3.63, 3.8) is 0 Å². The average molecular weight is 462 g/mol. The number of aromatic nitrogens is 6. The lowest BCUT2D eigenvalue weighted by molar-refractivity contribution is -0.143. The van der Waals surface area contributed by atoms with Gasteiger partial charge in [0.05, 0.1) is 12.6 Å². The Labute approximate surface area is 191 Å². The Morgan fingerprint density at radius 1 is 1.18 bits per heavy atom. The minimum Gasteiger partial charge on any atom is -0.466 e. The Kier molecular flexibility index (Phi) is 8.58. The summed E-state index contributed by atoms with van der Waals surface area (Å²) >= 11 is 0. The van der Waals surface area contributed by atoms with Crippen LogP contribution < -0.4 is 5.32 Å². The molecule has 0 amide bonds. The lowest BCUT2D eigenvalue weighted by Gasteiger charge is -2.18. The van der Waals surface area contributed by atoms with Crippen LogP contribution >= 0.6 is 0 Å². The fourth-order valence-corrected chi connectivity index (χ4v) is 3.55. The Morgan fingerprint density at radius 3 is 2.58 bits per heavy atom. The highest BCUT2D eigenvalue weighted by Gasteiger charge is 2.29. The molecular weight excluding hydrogens is 432 g/mol. The van der Waals surface area contributed by atoms with E-state index in [4.69, 9.17) is 4.74 Å². The van der Waals surface area contributed by atoms with Crippen molar-refractivity contribution < 1.29 is 18.3 Å². The first-order valence-electron chi connectivity index (χ1n) is 11.0. The molecule has 0 radical (unpaired) electrons. The van der Waals surface area contributed by atoms with E-state index in [2.05, 4.69) is 32.9 Å². The zero-order chi connectivity index (χ0) is 23.8. The molecule has 0 bridgehead atoms. The van der Waals surface area contributed by atoms with Crippen molar-refractivity contribution in [1.82, 2.24) is 35.3 Å². The fourth-order valence-electron chi connectivity index (χ4n) is 3.55. The molecule has 2 heterocycles. The standard InChI is InChI=1S/C22H29F2N7O2/c1-4-15-8-10-16(11-9-15)13-25-20(17-14-30(3)27-19(17)21(23)24)22-26-28-29-31(22)12-6-7-18(32)33-5-2/h8-11,14,20-21,25H,4-7,12-13H2,1-3H3. The van der Waals surface area contributed by atoms with Crippen LogP contribution in [0, 0.1) is 0 Å². The van der Waals surface area contributed by atoms with Gasteiger partial charge in [0.25, 0.3) is 6.43 Å². The maximum absolute atomic E-state index is 13.7. The van der Waals surface area contributed by atoms with Gasteiger partial charge in [-0.25, -0.2) is 13.5 Å². The van der Waals surface area contributed by atoms with E-state index in [0.29, 0.717) is 37.5 Å². The minimum atomic E-state index is -2.75. The molecule has 0 aliphatic rings. The topological polar surface area (TPSA) is 99.8 Å². The maximum atomic E-state index is 13.7. The second-order valence-electron chi connectivity index (χ2n) is 7.60. The molecule has 0 fully saturated rings. The van der Waals surface area contributed by atoms with Crippen molar-refractivity contribution in [2.45, 2.75) is 58.7 Å². The van der Waals surface area contributed by atoms with E-state index < -0.39 is 12.5 Å². The quantitative estimate of drug-likeness (QED) is 0.414. The van der Waals surface area contributed by atoms with Gasteiger partial charge in [-0.05, 0) is 41.3 Å². The number of tetrazole rings is 1. The SMILES string of the molecule is CCOC(=O)CCCn1nnnc1C(NCc1ccc(CC)cc1)c1cn(C)nc1C(F)F. The molecule has 11 heteroatoms. The van der Waals surface area contributed by atoms with Gasteiger partial charge in [-0.2, -0.15) is 5.10 Å². The number of carbonyl (C=O) groups excluding carboxylic acids is 1. The molecule has 1 aromatic carbocycles. The molecule has 1 unspecified atom stereocenters. The second-order valence-corrected chi connectivity index (χ2v) is 7.60. The summed E-state index contributed by atoms with van der Waals surface area (Å²) < 4.78 is 35.3. The number of alkyl halides is 2. The summed E-state index contributed by atoms with van der Waals surface area (Å²) in [4.78, 5) is 11.6. The number of hydrogen-bond donors (Lipinski definition) is 1. The van der Waals surface area contributed by atoms with Gasteiger partial charge in [0.2, 0.25) is 0 Å². The van der Waals surface area contributed by atoms with E-state index in [9.17, 15) is 13.6 Å². The summed E-state index contributed by atoms with van der Waals surface area (Å²) in [5.74, 6) is 0.0727. The number of ether oxygens (including phenoxy) is 1. The Balaban J connectivity index is 1.85. The van der Waals surface area contributed by atoms with Gasteiger partial charge in [-0.1, -0.05) is 31.2 Å². The van der Waals surface area contributed by atoms with Crippen LogP contribution in [0.5, 0.6) is 0 Å². The molecule has 1 atom stereocenters. The lowest BCUT2D eigenvalue weighted by atomic mass is 10.1. The number of halogens is 2. The molecule has 2 aromatic heterocycles. The summed E-state index contributed by atoms with van der Waals surface area (Å²) in [5, 5.41) is 19.1. The van der Waals surface area contributed by atoms with Gasteiger partial charge in [0.15, 0.2) is 5.82 Å². The zero-order valence-corrected chi connectivity index (χ0v) is 19.0. The molecule has 3 aromatic rings. The van der Waals surface area contributed by atoms with Gasteiger partial charge in [-0.3, -0.25) is 14.8 Å². The lowest BCUT2D eigenvalue weighted by Crippen LogP contribution is -2.26. The molecule has 9 nitrogen and oxygen atoms in total. The number of carbonyl (C=O) groups is 1. The van der Waals surface area contributed by atoms with Crippen molar-refractivity contribution in [2.75, 3.05) is 6.61 Å². The van der Waals surface area contributed by atoms with Gasteiger partial charge in [0, 0.05) is 38.3 Å². The first-order chi connectivity index (χ1) is 15.9. The molecule has 0 saturated carbocycles. The predicted molar refractivity (Wildman–Crippen MR) is 116 cm³/mol. The summed E-state index contributed by atoms with van der Waals surface area (Å²) in [6, 6.07) is 7.37. The van der Waals surface area contributed by atoms with Crippen LogP contribution in [0.25, 0.3) is 0 Å². The number of hydrogen-bond acceptors (Lipinski definition) is 7. The van der Waals surface area contributed by atoms with E-state index in [-0.39, 0.29) is 18.1 Å². The van der Waals surface area contributed by atoms with Crippen LogP contribution in [0.1, 0.15) is 67.4 Å². The molecule has 0 saturated heterocycles. The predicted octanol–water partition coefficient (Wildman–Crippen LogP) is 3.13. The van der Waals surface area contributed by atoms with Crippen molar-refractivity contribution in [2.24, 2.45) is 7.05 Å². The van der Waals surface area contributed by atoms with Crippen molar-refractivity contribution in [3.05, 3.63) is 58.7 Å². The van der Waals surface area contributed by atoms with E-state index in [1.807, 2.05) is 24.3 Å². The third kappa shape index (κ3) is 6.41. The fraction of sp³-hybridized carbons (Fsp3) is 0.500. The molecule has 1 N–H and O–H groups in total. The number of esters is 1. The second kappa shape index (κ2) is 11.6. The molecule has 3 rings (SSSR count). The maximum Gasteiger partial charge on any atom is 0.305 e. The van der Waals surface area contributed by atoms with Gasteiger partial charge < -0.3 is 4.74 Å². The van der Waals surface area contributed by atoms with Gasteiger partial charge >= 0.3 is 5.97 Å². The largest absolute Gasteiger partial charge is 0.466 e. The van der Waals surface area contributed by atoms with Crippen LogP contribution in [0.4, 0.5) is 8.78 Å². The Morgan fingerprint density at radius 2 is 1.91 bits per heavy atom. The number of aryl methyl sites for hydroxylation is 3. The van der Waals surface area contributed by atoms with E-state index in [1.165, 1.54) is 14.9 Å². The summed E-state index contributed by atoms with van der Waals surface area (Å²) in [6.07, 6.45) is 0.407. The highest BCUT2D eigenvalue weighted by Crippen LogP contribution is 2.29. The van der Waals surface area contributed by atoms with Crippen molar-refractivity contribution in [1.29, 1.82) is 0 Å². The highest BCUT2D eigenvalue weighted by atomic mass is 19.3. The Hall–Kier alpha value is -3.21. The van der Waals surface area contributed by atoms with E-state index in [0.717, 1.165) is 12.0 Å². The smallest absolute Gasteiger partial charge is 0.305 e. The normalized spacial score (nSPS) is 12.3. The monoisotopic (exact) mass is 461 g/mol. The summed E-state index contributed by atoms with van der Waals surface area (Å²) in [6.45, 7) is 4.91. The van der Waals surface area contributed by atoms with Crippen LogP contribution in [0.15, 0.2) is 30.5 Å². The average Bonchev–Trinajstić information content (AvgIpc) is 3.41. The number of benzene rings is 1. The van der Waals surface area contributed by atoms with Crippen LogP contribution in [-0.2, 0) is 36.1 Å². The molecule has 178 valence electrons. The summed E-state index contributed by atoms with van der Waals surface area (Å²) in [7, 11) is 1.60. The van der Waals surface area contributed by atoms with E-state index in [1.54, 1.807) is 20.2 Å². The first-order valence-corrected chi connectivity index (χ1v) is 11.0. The number of nitrogens with zero attached hydrogens (tertiary/aromatic N) is 6. The van der Waals surface area contributed by atoms with Crippen molar-refractivity contribution >= 4 is 5.97 Å². The molecular formula is C22H29F2N7O2. The zero-order valence-electron chi connectivity index (χ0n) is 19.0. The third-order valence-corrected chi connectivity index (χ3v) is 5.22. The molecule has 0 spiro atoms. The molecule has 33 heavy (non-hydrogen) atoms. The summed E-state index contributed by atoms with van der Waals surface area (Å²) in [5.41, 5.74) is 2.20. The molecule has 0 aliphatic carbocycles. The highest BCUT2D eigenvalue weighted by molar-refractivity contribution is 5.69. The third-order valence-electron chi connectivity index (χ3n) is 5.22. The van der Waals surface area contributed by atoms with Crippen molar-refractivity contribution in [3.8, 4) is 0 Å². The van der Waals surface area contributed by atoms with Crippen LogP contribution in [-0.4, -0.2) is 42.6 Å². The van der Waals surface area contributed by atoms with Crippen LogP contribution in [0.2, 0.25) is 0 Å². The first kappa shape index (κ1) is 24.4. The minimum absolute atomic E-state index is 0.212. The Bertz CT molecular complexity index is 1030. The van der Waals surface area contributed by atoms with Gasteiger partial charge in [-0.15, -0.1) is 5.10 Å². The van der Waals surface area contributed by atoms with E-state index >= 15 is 0 Å². The number of rotatable bonds is 12.